The van der Waals surface area contributed by atoms with Gasteiger partial charge in [-0.1, -0.05) is 34.1 Å². The van der Waals surface area contributed by atoms with Gasteiger partial charge in [0.15, 0.2) is 0 Å². The zero-order valence-electron chi connectivity index (χ0n) is 9.98. The number of nitrogens with one attached hydrogen (secondary N) is 1. The average Bonchev–Trinajstić information content (AvgIpc) is 2.83. The molecule has 3 heteroatoms. The molecule has 90 valence electrons. The van der Waals surface area contributed by atoms with E-state index in [1.165, 1.54) is 10.4 Å². The minimum atomic E-state index is 0.361. The molecule has 0 bridgehead atoms. The second-order valence-electron chi connectivity index (χ2n) is 4.18. The van der Waals surface area contributed by atoms with Crippen molar-refractivity contribution in [1.82, 2.24) is 5.32 Å². The van der Waals surface area contributed by atoms with Crippen LogP contribution in [0.25, 0.3) is 0 Å². The Bertz CT molecular complexity index is 450. The van der Waals surface area contributed by atoms with Crippen LogP contribution in [-0.2, 0) is 0 Å². The molecule has 1 nitrogen and oxygen atoms in total. The van der Waals surface area contributed by atoms with E-state index in [4.69, 9.17) is 0 Å². The van der Waals surface area contributed by atoms with E-state index in [-0.39, 0.29) is 0 Å². The number of hydrogen-bond acceptors (Lipinski definition) is 2. The van der Waals surface area contributed by atoms with Gasteiger partial charge < -0.3 is 5.32 Å². The Labute approximate surface area is 115 Å². The molecule has 0 aliphatic rings. The SMILES string of the molecule is CC(N[C@H](C)c1ccc(Br)cc1)c1cccs1. The maximum Gasteiger partial charge on any atom is 0.0391 e. The number of hydrogen-bond donors (Lipinski definition) is 1. The lowest BCUT2D eigenvalue weighted by molar-refractivity contribution is 0.500. The highest BCUT2D eigenvalue weighted by atomic mass is 79.9. The van der Waals surface area contributed by atoms with Crippen molar-refractivity contribution in [2.45, 2.75) is 25.9 Å². The highest BCUT2D eigenvalue weighted by Crippen LogP contribution is 2.23. The third-order valence-electron chi connectivity index (χ3n) is 2.84. The highest BCUT2D eigenvalue weighted by molar-refractivity contribution is 9.10. The monoisotopic (exact) mass is 309 g/mol. The highest BCUT2D eigenvalue weighted by Gasteiger charge is 2.11. The van der Waals surface area contributed by atoms with Gasteiger partial charge in [0, 0.05) is 21.4 Å². The second kappa shape index (κ2) is 5.80. The van der Waals surface area contributed by atoms with Gasteiger partial charge in [0.25, 0.3) is 0 Å². The Morgan fingerprint density at radius 2 is 1.76 bits per heavy atom. The lowest BCUT2D eigenvalue weighted by Gasteiger charge is -2.19. The Morgan fingerprint density at radius 1 is 1.06 bits per heavy atom. The van der Waals surface area contributed by atoms with Gasteiger partial charge in [-0.15, -0.1) is 11.3 Å². The number of benzene rings is 1. The predicted octanol–water partition coefficient (Wildman–Crippen LogP) is 4.92. The quantitative estimate of drug-likeness (QED) is 0.845. The van der Waals surface area contributed by atoms with E-state index in [0.29, 0.717) is 12.1 Å². The van der Waals surface area contributed by atoms with Gasteiger partial charge in [-0.25, -0.2) is 0 Å². The van der Waals surface area contributed by atoms with E-state index in [1.807, 2.05) is 0 Å². The molecule has 0 aliphatic carbocycles. The van der Waals surface area contributed by atoms with Crippen LogP contribution < -0.4 is 5.32 Å². The molecule has 0 fully saturated rings. The average molecular weight is 310 g/mol. The Balaban J connectivity index is 2.01. The lowest BCUT2D eigenvalue weighted by atomic mass is 10.1. The molecule has 17 heavy (non-hydrogen) atoms. The second-order valence-corrected chi connectivity index (χ2v) is 6.07. The van der Waals surface area contributed by atoms with Crippen LogP contribution in [0.5, 0.6) is 0 Å². The zero-order chi connectivity index (χ0) is 12.3. The summed E-state index contributed by atoms with van der Waals surface area (Å²) < 4.78 is 1.12. The molecule has 1 heterocycles. The molecule has 1 aromatic heterocycles. The van der Waals surface area contributed by atoms with Gasteiger partial charge in [-0.05, 0) is 43.0 Å². The topological polar surface area (TPSA) is 12.0 Å². The van der Waals surface area contributed by atoms with E-state index in [1.54, 1.807) is 11.3 Å². The fourth-order valence-corrected chi connectivity index (χ4v) is 2.85. The summed E-state index contributed by atoms with van der Waals surface area (Å²) in [6, 6.07) is 13.5. The van der Waals surface area contributed by atoms with Crippen molar-refractivity contribution in [3.8, 4) is 0 Å². The van der Waals surface area contributed by atoms with Crippen LogP contribution in [0, 0.1) is 0 Å². The first-order chi connectivity index (χ1) is 8.16. The summed E-state index contributed by atoms with van der Waals surface area (Å²) in [6.07, 6.45) is 0. The van der Waals surface area contributed by atoms with Crippen molar-refractivity contribution in [1.29, 1.82) is 0 Å². The van der Waals surface area contributed by atoms with Gasteiger partial charge in [0.05, 0.1) is 0 Å². The van der Waals surface area contributed by atoms with Crippen molar-refractivity contribution in [3.05, 3.63) is 56.7 Å². The molecule has 1 N–H and O–H groups in total. The first-order valence-corrected chi connectivity index (χ1v) is 7.39. The molecular weight excluding hydrogens is 294 g/mol. The Hall–Kier alpha value is -0.640. The Kier molecular flexibility index (Phi) is 4.37. The normalized spacial score (nSPS) is 14.5. The summed E-state index contributed by atoms with van der Waals surface area (Å²) in [5.41, 5.74) is 1.32. The first-order valence-electron chi connectivity index (χ1n) is 5.71. The van der Waals surface area contributed by atoms with Gasteiger partial charge in [0.2, 0.25) is 0 Å². The van der Waals surface area contributed by atoms with Crippen LogP contribution in [0.15, 0.2) is 46.3 Å². The summed E-state index contributed by atoms with van der Waals surface area (Å²) in [5.74, 6) is 0. The number of halogens is 1. The van der Waals surface area contributed by atoms with Gasteiger partial charge >= 0.3 is 0 Å². The third-order valence-corrected chi connectivity index (χ3v) is 4.42. The molecule has 1 aromatic carbocycles. The molecule has 0 aliphatic heterocycles. The maximum atomic E-state index is 3.61. The van der Waals surface area contributed by atoms with Crippen molar-refractivity contribution >= 4 is 27.3 Å². The minimum Gasteiger partial charge on any atom is -0.303 e. The summed E-state index contributed by atoms with van der Waals surface area (Å²) in [5, 5.41) is 5.74. The van der Waals surface area contributed by atoms with E-state index >= 15 is 0 Å². The van der Waals surface area contributed by atoms with Crippen molar-refractivity contribution in [3.63, 3.8) is 0 Å². The van der Waals surface area contributed by atoms with Crippen LogP contribution >= 0.6 is 27.3 Å². The molecule has 0 saturated heterocycles. The number of rotatable bonds is 4. The zero-order valence-corrected chi connectivity index (χ0v) is 12.4. The molecule has 2 rings (SSSR count). The molecule has 0 radical (unpaired) electrons. The number of thiophene rings is 1. The summed E-state index contributed by atoms with van der Waals surface area (Å²) in [7, 11) is 0. The van der Waals surface area contributed by atoms with Crippen LogP contribution in [0.3, 0.4) is 0 Å². The predicted molar refractivity (Wildman–Crippen MR) is 78.4 cm³/mol. The van der Waals surface area contributed by atoms with Crippen LogP contribution in [-0.4, -0.2) is 0 Å². The molecule has 0 amide bonds. The summed E-state index contributed by atoms with van der Waals surface area (Å²) in [6.45, 7) is 4.41. The molecule has 0 saturated carbocycles. The summed E-state index contributed by atoms with van der Waals surface area (Å²) >= 11 is 5.26. The molecule has 0 spiro atoms. The molecule has 2 atom stereocenters. The van der Waals surface area contributed by atoms with Crippen molar-refractivity contribution < 1.29 is 0 Å². The fraction of sp³-hybridized carbons (Fsp3) is 0.286. The van der Waals surface area contributed by atoms with E-state index < -0.39 is 0 Å². The van der Waals surface area contributed by atoms with E-state index in [2.05, 4.69) is 76.9 Å². The van der Waals surface area contributed by atoms with Crippen molar-refractivity contribution in [2.75, 3.05) is 0 Å². The molecule has 1 unspecified atom stereocenters. The van der Waals surface area contributed by atoms with Gasteiger partial charge in [-0.3, -0.25) is 0 Å². The van der Waals surface area contributed by atoms with E-state index in [0.717, 1.165) is 4.47 Å². The van der Waals surface area contributed by atoms with Crippen LogP contribution in [0.4, 0.5) is 0 Å². The van der Waals surface area contributed by atoms with Crippen molar-refractivity contribution in [2.24, 2.45) is 0 Å². The maximum absolute atomic E-state index is 3.61. The Morgan fingerprint density at radius 3 is 2.35 bits per heavy atom. The smallest absolute Gasteiger partial charge is 0.0391 e. The van der Waals surface area contributed by atoms with Gasteiger partial charge in [0.1, 0.15) is 0 Å². The lowest BCUT2D eigenvalue weighted by Crippen LogP contribution is -2.21. The molecular formula is C14H16BrNS. The van der Waals surface area contributed by atoms with E-state index in [9.17, 15) is 0 Å². The first kappa shape index (κ1) is 12.8. The fourth-order valence-electron chi connectivity index (χ4n) is 1.84. The summed E-state index contributed by atoms with van der Waals surface area (Å²) in [4.78, 5) is 1.38. The third kappa shape index (κ3) is 3.41. The van der Waals surface area contributed by atoms with Crippen LogP contribution in [0.2, 0.25) is 0 Å². The van der Waals surface area contributed by atoms with Gasteiger partial charge in [-0.2, -0.15) is 0 Å². The minimum absolute atomic E-state index is 0.361. The standard InChI is InChI=1S/C14H16BrNS/c1-10(12-5-7-13(15)8-6-12)16-11(2)14-4-3-9-17-14/h3-11,16H,1-2H3/t10-,11?/m1/s1. The molecule has 2 aromatic rings. The van der Waals surface area contributed by atoms with Crippen LogP contribution in [0.1, 0.15) is 36.4 Å². The largest absolute Gasteiger partial charge is 0.303 e.